The highest BCUT2D eigenvalue weighted by atomic mass is 16.5. The Morgan fingerprint density at radius 2 is 1.17 bits per heavy atom. The zero-order chi connectivity index (χ0) is 17.0. The van der Waals surface area contributed by atoms with E-state index in [9.17, 15) is 9.59 Å². The molecule has 1 aromatic rings. The molecule has 0 aromatic heterocycles. The molecule has 0 heterocycles. The molecule has 0 radical (unpaired) electrons. The maximum atomic E-state index is 12.2. The van der Waals surface area contributed by atoms with Crippen LogP contribution in [0.5, 0.6) is 0 Å². The van der Waals surface area contributed by atoms with Gasteiger partial charge in [-0.2, -0.15) is 0 Å². The van der Waals surface area contributed by atoms with Crippen LogP contribution in [0.25, 0.3) is 11.5 Å². The normalized spacial score (nSPS) is 13.9. The summed E-state index contributed by atoms with van der Waals surface area (Å²) in [4.78, 5) is 24.3. The van der Waals surface area contributed by atoms with Gasteiger partial charge in [0.25, 0.3) is 0 Å². The third-order valence-electron chi connectivity index (χ3n) is 3.59. The predicted octanol–water partition coefficient (Wildman–Crippen LogP) is 2.15. The third-order valence-corrected chi connectivity index (χ3v) is 3.59. The molecule has 23 heavy (non-hydrogen) atoms. The summed E-state index contributed by atoms with van der Waals surface area (Å²) in [7, 11) is 5.48. The Morgan fingerprint density at radius 1 is 0.783 bits per heavy atom. The van der Waals surface area contributed by atoms with E-state index in [2.05, 4.69) is 0 Å². The predicted molar refractivity (Wildman–Crippen MR) is 82.9 cm³/mol. The van der Waals surface area contributed by atoms with Crippen LogP contribution >= 0.6 is 0 Å². The summed E-state index contributed by atoms with van der Waals surface area (Å²) in [5, 5.41) is 0. The number of carbonyl (C=O) groups is 2. The Labute approximate surface area is 134 Å². The molecule has 0 amide bonds. The van der Waals surface area contributed by atoms with Gasteiger partial charge < -0.3 is 18.9 Å². The van der Waals surface area contributed by atoms with E-state index in [-0.39, 0.29) is 17.6 Å². The zero-order valence-corrected chi connectivity index (χ0v) is 13.5. The number of benzene rings is 1. The molecule has 122 valence electrons. The molecule has 0 saturated heterocycles. The van der Waals surface area contributed by atoms with Crippen molar-refractivity contribution in [1.82, 2.24) is 0 Å². The molecule has 0 bridgehead atoms. The van der Waals surface area contributed by atoms with Crippen molar-refractivity contribution < 1.29 is 28.5 Å². The Kier molecular flexibility index (Phi) is 5.05. The van der Waals surface area contributed by atoms with Crippen molar-refractivity contribution in [2.45, 2.75) is 6.42 Å². The second kappa shape index (κ2) is 7.00. The van der Waals surface area contributed by atoms with Crippen LogP contribution < -0.4 is 0 Å². The number of hydrogen-bond acceptors (Lipinski definition) is 6. The molecule has 0 unspecified atom stereocenters. The van der Waals surface area contributed by atoms with Gasteiger partial charge >= 0.3 is 11.9 Å². The van der Waals surface area contributed by atoms with Crippen LogP contribution in [0, 0.1) is 0 Å². The molecule has 2 rings (SSSR count). The first kappa shape index (κ1) is 16.6. The summed E-state index contributed by atoms with van der Waals surface area (Å²) in [5.74, 6) is -0.451. The number of esters is 2. The van der Waals surface area contributed by atoms with Crippen LogP contribution in [0.1, 0.15) is 17.5 Å². The molecule has 1 aliphatic rings. The lowest BCUT2D eigenvalue weighted by atomic mass is 10.0. The monoisotopic (exact) mass is 318 g/mol. The molecule has 1 aromatic carbocycles. The van der Waals surface area contributed by atoms with E-state index in [0.717, 1.165) is 0 Å². The minimum absolute atomic E-state index is 0.0135. The summed E-state index contributed by atoms with van der Waals surface area (Å²) >= 11 is 0. The summed E-state index contributed by atoms with van der Waals surface area (Å²) in [6.45, 7) is 0. The summed E-state index contributed by atoms with van der Waals surface area (Å²) in [6, 6.07) is 7.19. The van der Waals surface area contributed by atoms with Gasteiger partial charge in [-0.25, -0.2) is 9.59 Å². The molecular weight excluding hydrogens is 300 g/mol. The van der Waals surface area contributed by atoms with Crippen LogP contribution in [0.15, 0.2) is 35.4 Å². The minimum Gasteiger partial charge on any atom is -0.496 e. The van der Waals surface area contributed by atoms with Crippen LogP contribution in [0.3, 0.4) is 0 Å². The highest BCUT2D eigenvalue weighted by Gasteiger charge is 2.32. The summed E-state index contributed by atoms with van der Waals surface area (Å²) in [6.07, 6.45) is -0.0135. The molecular formula is C17H18O6. The third kappa shape index (κ3) is 2.92. The van der Waals surface area contributed by atoms with E-state index in [1.807, 2.05) is 12.1 Å². The number of carbonyl (C=O) groups excluding carboxylic acids is 2. The fourth-order valence-electron chi connectivity index (χ4n) is 2.58. The lowest BCUT2D eigenvalue weighted by molar-refractivity contribution is -0.136. The van der Waals surface area contributed by atoms with Crippen LogP contribution in [-0.4, -0.2) is 40.4 Å². The number of rotatable bonds is 4. The van der Waals surface area contributed by atoms with Crippen molar-refractivity contribution in [2.75, 3.05) is 28.4 Å². The first-order chi connectivity index (χ1) is 11.1. The number of hydrogen-bond donors (Lipinski definition) is 0. The smallest absolute Gasteiger partial charge is 0.337 e. The standard InChI is InChI=1S/C17H18O6/c1-20-14-10-7-5-6-8-11(10)15(21-2)13(17(19)23-4)9-12(14)16(18)22-3/h5-8H,9H2,1-4H3. The van der Waals surface area contributed by atoms with Crippen LogP contribution in [-0.2, 0) is 28.5 Å². The van der Waals surface area contributed by atoms with Crippen molar-refractivity contribution in [3.63, 3.8) is 0 Å². The highest BCUT2D eigenvalue weighted by Crippen LogP contribution is 2.37. The van der Waals surface area contributed by atoms with Gasteiger partial charge in [0.15, 0.2) is 0 Å². The number of ether oxygens (including phenoxy) is 4. The van der Waals surface area contributed by atoms with Gasteiger partial charge in [-0.15, -0.1) is 0 Å². The van der Waals surface area contributed by atoms with Gasteiger partial charge in [0.2, 0.25) is 0 Å². The van der Waals surface area contributed by atoms with Gasteiger partial charge in [0.1, 0.15) is 11.5 Å². The summed E-state index contributed by atoms with van der Waals surface area (Å²) < 4.78 is 20.5. The maximum Gasteiger partial charge on any atom is 0.337 e. The van der Waals surface area contributed by atoms with Crippen molar-refractivity contribution in [3.05, 3.63) is 46.5 Å². The van der Waals surface area contributed by atoms with Crippen molar-refractivity contribution in [2.24, 2.45) is 0 Å². The second-order valence-electron chi connectivity index (χ2n) is 4.73. The Morgan fingerprint density at radius 3 is 1.48 bits per heavy atom. The minimum atomic E-state index is -0.574. The summed E-state index contributed by atoms with van der Waals surface area (Å²) in [5.41, 5.74) is 1.75. The number of methoxy groups -OCH3 is 4. The van der Waals surface area contributed by atoms with E-state index in [4.69, 9.17) is 18.9 Å². The average molecular weight is 318 g/mol. The topological polar surface area (TPSA) is 71.1 Å². The zero-order valence-electron chi connectivity index (χ0n) is 13.5. The second-order valence-corrected chi connectivity index (χ2v) is 4.73. The van der Waals surface area contributed by atoms with Crippen LogP contribution in [0.4, 0.5) is 0 Å². The van der Waals surface area contributed by atoms with Gasteiger partial charge in [-0.3, -0.25) is 0 Å². The molecule has 0 aliphatic heterocycles. The SMILES string of the molecule is COC(=O)C1=C(OC)c2ccccc2C(OC)=C(C(=O)OC)C1. The Hall–Kier alpha value is -2.76. The first-order valence-corrected chi connectivity index (χ1v) is 6.89. The molecule has 1 aliphatic carbocycles. The first-order valence-electron chi connectivity index (χ1n) is 6.89. The fraction of sp³-hybridized carbons (Fsp3) is 0.294. The molecule has 6 nitrogen and oxygen atoms in total. The average Bonchev–Trinajstić information content (AvgIpc) is 2.74. The van der Waals surface area contributed by atoms with E-state index >= 15 is 0 Å². The molecule has 0 spiro atoms. The molecule has 0 atom stereocenters. The molecule has 0 saturated carbocycles. The lowest BCUT2D eigenvalue weighted by Gasteiger charge is -2.13. The van der Waals surface area contributed by atoms with Gasteiger partial charge in [-0.05, 0) is 0 Å². The largest absolute Gasteiger partial charge is 0.496 e. The van der Waals surface area contributed by atoms with Gasteiger partial charge in [0.05, 0.1) is 39.6 Å². The van der Waals surface area contributed by atoms with Gasteiger partial charge in [-0.1, -0.05) is 24.3 Å². The van der Waals surface area contributed by atoms with Crippen molar-refractivity contribution in [1.29, 1.82) is 0 Å². The Bertz CT molecular complexity index is 640. The quantitative estimate of drug-likeness (QED) is 0.792. The Balaban J connectivity index is 2.82. The van der Waals surface area contributed by atoms with Crippen molar-refractivity contribution in [3.8, 4) is 0 Å². The van der Waals surface area contributed by atoms with Crippen molar-refractivity contribution >= 4 is 23.5 Å². The van der Waals surface area contributed by atoms with E-state index in [1.165, 1.54) is 28.4 Å². The molecule has 0 N–H and O–H groups in total. The number of fused-ring (bicyclic) bond motifs is 1. The van der Waals surface area contributed by atoms with Gasteiger partial charge in [0, 0.05) is 17.5 Å². The lowest BCUT2D eigenvalue weighted by Crippen LogP contribution is -2.13. The molecule has 6 heteroatoms. The van der Waals surface area contributed by atoms with E-state index in [1.54, 1.807) is 12.1 Å². The fourth-order valence-corrected chi connectivity index (χ4v) is 2.58. The van der Waals surface area contributed by atoms with E-state index < -0.39 is 11.9 Å². The maximum absolute atomic E-state index is 12.2. The molecule has 0 fully saturated rings. The van der Waals surface area contributed by atoms with Crippen LogP contribution in [0.2, 0.25) is 0 Å². The van der Waals surface area contributed by atoms with E-state index in [0.29, 0.717) is 22.6 Å². The highest BCUT2D eigenvalue weighted by molar-refractivity contribution is 6.05.